The van der Waals surface area contributed by atoms with Gasteiger partial charge in [0.2, 0.25) is 0 Å². The van der Waals surface area contributed by atoms with Crippen molar-refractivity contribution in [3.05, 3.63) is 64.7 Å². The SMILES string of the molecule is COc1cccc(C(CNC(=O)C(=O)NCc2ccccc2Cl)N2CCOCC2)c1. The Labute approximate surface area is 181 Å². The molecule has 2 aromatic carbocycles. The lowest BCUT2D eigenvalue weighted by Gasteiger charge is -2.35. The third kappa shape index (κ3) is 5.95. The van der Waals surface area contributed by atoms with Crippen LogP contribution in [0.1, 0.15) is 17.2 Å². The van der Waals surface area contributed by atoms with Crippen LogP contribution in [0.3, 0.4) is 0 Å². The summed E-state index contributed by atoms with van der Waals surface area (Å²) in [4.78, 5) is 26.8. The van der Waals surface area contributed by atoms with Crippen molar-refractivity contribution in [3.63, 3.8) is 0 Å². The number of nitrogens with zero attached hydrogens (tertiary/aromatic N) is 1. The van der Waals surface area contributed by atoms with Crippen LogP contribution in [-0.4, -0.2) is 56.7 Å². The van der Waals surface area contributed by atoms with Crippen molar-refractivity contribution >= 4 is 23.4 Å². The zero-order valence-corrected chi connectivity index (χ0v) is 17.7. The van der Waals surface area contributed by atoms with Gasteiger partial charge in [-0.25, -0.2) is 0 Å². The second-order valence-corrected chi connectivity index (χ2v) is 7.33. The van der Waals surface area contributed by atoms with Crippen molar-refractivity contribution in [1.82, 2.24) is 15.5 Å². The molecule has 0 bridgehead atoms. The van der Waals surface area contributed by atoms with Crippen molar-refractivity contribution in [1.29, 1.82) is 0 Å². The summed E-state index contributed by atoms with van der Waals surface area (Å²) in [6.07, 6.45) is 0. The third-order valence-corrected chi connectivity index (χ3v) is 5.39. The van der Waals surface area contributed by atoms with Gasteiger partial charge >= 0.3 is 11.8 Å². The third-order valence-electron chi connectivity index (χ3n) is 5.02. The van der Waals surface area contributed by atoms with E-state index < -0.39 is 11.8 Å². The first kappa shape index (κ1) is 22.1. The lowest BCUT2D eigenvalue weighted by Crippen LogP contribution is -2.46. The van der Waals surface area contributed by atoms with Gasteiger partial charge in [-0.05, 0) is 29.3 Å². The Hall–Kier alpha value is -2.61. The molecule has 1 unspecified atom stereocenters. The smallest absolute Gasteiger partial charge is 0.309 e. The van der Waals surface area contributed by atoms with Gasteiger partial charge < -0.3 is 20.1 Å². The predicted molar refractivity (Wildman–Crippen MR) is 114 cm³/mol. The van der Waals surface area contributed by atoms with Crippen LogP contribution in [0.15, 0.2) is 48.5 Å². The van der Waals surface area contributed by atoms with E-state index in [0.29, 0.717) is 24.8 Å². The molecule has 1 fully saturated rings. The van der Waals surface area contributed by atoms with Gasteiger partial charge in [0, 0.05) is 31.2 Å². The minimum absolute atomic E-state index is 0.0932. The monoisotopic (exact) mass is 431 g/mol. The summed E-state index contributed by atoms with van der Waals surface area (Å²) in [7, 11) is 1.62. The number of hydrogen-bond donors (Lipinski definition) is 2. The maximum absolute atomic E-state index is 12.4. The molecule has 1 heterocycles. The number of nitrogens with one attached hydrogen (secondary N) is 2. The van der Waals surface area contributed by atoms with E-state index in [1.54, 1.807) is 19.2 Å². The Balaban J connectivity index is 1.61. The van der Waals surface area contributed by atoms with Crippen LogP contribution in [0.5, 0.6) is 5.75 Å². The molecule has 2 aromatic rings. The van der Waals surface area contributed by atoms with Crippen LogP contribution in [0.25, 0.3) is 0 Å². The van der Waals surface area contributed by atoms with E-state index in [9.17, 15) is 9.59 Å². The van der Waals surface area contributed by atoms with Crippen LogP contribution in [0.2, 0.25) is 5.02 Å². The second-order valence-electron chi connectivity index (χ2n) is 6.92. The van der Waals surface area contributed by atoms with Gasteiger partial charge in [0.15, 0.2) is 0 Å². The van der Waals surface area contributed by atoms with Gasteiger partial charge in [0.05, 0.1) is 26.4 Å². The van der Waals surface area contributed by atoms with E-state index in [1.165, 1.54) is 0 Å². The Morgan fingerprint density at radius 3 is 2.57 bits per heavy atom. The van der Waals surface area contributed by atoms with Gasteiger partial charge in [0.25, 0.3) is 0 Å². The quantitative estimate of drug-likeness (QED) is 0.657. The Morgan fingerprint density at radius 1 is 1.10 bits per heavy atom. The molecule has 0 saturated carbocycles. The number of halogens is 1. The summed E-state index contributed by atoms with van der Waals surface area (Å²) >= 11 is 6.09. The van der Waals surface area contributed by atoms with E-state index in [2.05, 4.69) is 15.5 Å². The number of benzene rings is 2. The molecule has 0 aliphatic carbocycles. The molecule has 30 heavy (non-hydrogen) atoms. The molecule has 160 valence electrons. The molecule has 1 saturated heterocycles. The summed E-state index contributed by atoms with van der Waals surface area (Å²) in [6, 6.07) is 14.8. The number of carbonyl (C=O) groups excluding carboxylic acids is 2. The van der Waals surface area contributed by atoms with Crippen molar-refractivity contribution in [3.8, 4) is 5.75 Å². The molecular formula is C22H26ClN3O4. The first-order valence-corrected chi connectivity index (χ1v) is 10.2. The minimum Gasteiger partial charge on any atom is -0.497 e. The van der Waals surface area contributed by atoms with Crippen LogP contribution in [0, 0.1) is 0 Å². The van der Waals surface area contributed by atoms with Gasteiger partial charge in [-0.2, -0.15) is 0 Å². The summed E-state index contributed by atoms with van der Waals surface area (Å²) in [5.41, 5.74) is 1.76. The van der Waals surface area contributed by atoms with E-state index >= 15 is 0 Å². The van der Waals surface area contributed by atoms with Crippen LogP contribution >= 0.6 is 11.6 Å². The normalized spacial score (nSPS) is 15.3. The molecule has 2 N–H and O–H groups in total. The molecule has 0 radical (unpaired) electrons. The molecule has 7 nitrogen and oxygen atoms in total. The second kappa shape index (κ2) is 11.0. The van der Waals surface area contributed by atoms with Crippen molar-refractivity contribution in [2.75, 3.05) is 40.0 Å². The van der Waals surface area contributed by atoms with Gasteiger partial charge in [0.1, 0.15) is 5.75 Å². The van der Waals surface area contributed by atoms with Crippen molar-refractivity contribution in [2.45, 2.75) is 12.6 Å². The largest absolute Gasteiger partial charge is 0.497 e. The molecule has 1 atom stereocenters. The fourth-order valence-corrected chi connectivity index (χ4v) is 3.57. The Morgan fingerprint density at radius 2 is 1.83 bits per heavy atom. The fraction of sp³-hybridized carbons (Fsp3) is 0.364. The van der Waals surface area contributed by atoms with E-state index in [1.807, 2.05) is 36.4 Å². The van der Waals surface area contributed by atoms with E-state index in [0.717, 1.165) is 30.0 Å². The van der Waals surface area contributed by atoms with Crippen LogP contribution < -0.4 is 15.4 Å². The summed E-state index contributed by atoms with van der Waals surface area (Å²) in [5.74, 6) is -0.626. The predicted octanol–water partition coefficient (Wildman–Crippen LogP) is 2.15. The molecule has 2 amide bonds. The molecular weight excluding hydrogens is 406 g/mol. The maximum Gasteiger partial charge on any atom is 0.309 e. The number of morpholine rings is 1. The maximum atomic E-state index is 12.4. The number of rotatable bonds is 7. The highest BCUT2D eigenvalue weighted by molar-refractivity contribution is 6.35. The Kier molecular flexibility index (Phi) is 8.07. The highest BCUT2D eigenvalue weighted by Crippen LogP contribution is 2.24. The summed E-state index contributed by atoms with van der Waals surface area (Å²) < 4.78 is 10.8. The van der Waals surface area contributed by atoms with Crippen molar-refractivity contribution < 1.29 is 19.1 Å². The first-order valence-electron chi connectivity index (χ1n) is 9.83. The number of amides is 2. The van der Waals surface area contributed by atoms with Crippen LogP contribution in [0.4, 0.5) is 0 Å². The van der Waals surface area contributed by atoms with E-state index in [-0.39, 0.29) is 12.6 Å². The zero-order chi connectivity index (χ0) is 21.3. The molecule has 1 aliphatic rings. The molecule has 3 rings (SSSR count). The molecule has 1 aliphatic heterocycles. The lowest BCUT2D eigenvalue weighted by molar-refractivity contribution is -0.139. The summed E-state index contributed by atoms with van der Waals surface area (Å²) in [6.45, 7) is 3.24. The highest BCUT2D eigenvalue weighted by Gasteiger charge is 2.25. The average Bonchev–Trinajstić information content (AvgIpc) is 2.79. The van der Waals surface area contributed by atoms with Gasteiger partial charge in [-0.15, -0.1) is 0 Å². The standard InChI is InChI=1S/C22H26ClN3O4/c1-29-18-7-4-6-16(13-18)20(26-9-11-30-12-10-26)15-25-22(28)21(27)24-14-17-5-2-3-8-19(17)23/h2-8,13,20H,9-12,14-15H2,1H3,(H,24,27)(H,25,28). The topological polar surface area (TPSA) is 79.9 Å². The first-order chi connectivity index (χ1) is 14.6. The molecule has 8 heteroatoms. The molecule has 0 spiro atoms. The van der Waals surface area contributed by atoms with E-state index in [4.69, 9.17) is 21.1 Å². The minimum atomic E-state index is -0.693. The van der Waals surface area contributed by atoms with Gasteiger partial charge in [-0.1, -0.05) is 41.9 Å². The number of hydrogen-bond acceptors (Lipinski definition) is 5. The van der Waals surface area contributed by atoms with Crippen LogP contribution in [-0.2, 0) is 20.9 Å². The fourth-order valence-electron chi connectivity index (χ4n) is 3.36. The molecule has 0 aromatic heterocycles. The lowest BCUT2D eigenvalue weighted by atomic mass is 10.0. The zero-order valence-electron chi connectivity index (χ0n) is 16.9. The number of carbonyl (C=O) groups is 2. The van der Waals surface area contributed by atoms with Crippen molar-refractivity contribution in [2.24, 2.45) is 0 Å². The number of ether oxygens (including phenoxy) is 2. The average molecular weight is 432 g/mol. The summed E-state index contributed by atoms with van der Waals surface area (Å²) in [5, 5.41) is 5.92. The highest BCUT2D eigenvalue weighted by atomic mass is 35.5. The Bertz CT molecular complexity index is 871. The number of methoxy groups -OCH3 is 1. The van der Waals surface area contributed by atoms with Gasteiger partial charge in [-0.3, -0.25) is 14.5 Å².